The first-order valence-electron chi connectivity index (χ1n) is 9.17. The first-order chi connectivity index (χ1) is 12.9. The van der Waals surface area contributed by atoms with Crippen LogP contribution in [0.5, 0.6) is 0 Å². The van der Waals surface area contributed by atoms with Gasteiger partial charge in [-0.05, 0) is 43.7 Å². The van der Waals surface area contributed by atoms with Gasteiger partial charge in [0.15, 0.2) is 5.82 Å². The molecule has 7 nitrogen and oxygen atoms in total. The highest BCUT2D eigenvalue weighted by Gasteiger charge is 2.26. The van der Waals surface area contributed by atoms with Crippen LogP contribution in [0.15, 0.2) is 36.4 Å². The molecule has 0 amide bonds. The van der Waals surface area contributed by atoms with Crippen molar-refractivity contribution in [3.8, 4) is 11.3 Å². The number of aromatic nitrogens is 2. The minimum atomic E-state index is -0.704. The molecule has 0 atom stereocenters. The number of aliphatic carboxylic acids is 1. The van der Waals surface area contributed by atoms with Gasteiger partial charge in [-0.3, -0.25) is 10.2 Å². The van der Waals surface area contributed by atoms with Crippen LogP contribution in [-0.4, -0.2) is 40.2 Å². The Kier molecular flexibility index (Phi) is 5.69. The molecule has 0 unspecified atom stereocenters. The first kappa shape index (κ1) is 18.8. The van der Waals surface area contributed by atoms with Crippen LogP contribution < -0.4 is 10.6 Å². The van der Waals surface area contributed by atoms with Gasteiger partial charge >= 0.3 is 5.97 Å². The molecule has 1 aromatic heterocycles. The molecule has 1 aliphatic rings. The zero-order chi connectivity index (χ0) is 19.4. The molecule has 1 heterocycles. The van der Waals surface area contributed by atoms with Crippen LogP contribution in [0.4, 0.5) is 5.82 Å². The van der Waals surface area contributed by atoms with E-state index in [9.17, 15) is 4.79 Å². The third kappa shape index (κ3) is 4.61. The van der Waals surface area contributed by atoms with Gasteiger partial charge in [0.1, 0.15) is 5.84 Å². The van der Waals surface area contributed by atoms with Crippen LogP contribution in [0, 0.1) is 11.3 Å². The second-order valence-electron chi connectivity index (χ2n) is 7.15. The SMILES string of the molecule is CN(c1ccc(-c2ccc(C(=N)N)cc2)nn1)C1CCC(CC(=O)O)CC1. The summed E-state index contributed by atoms with van der Waals surface area (Å²) in [6.07, 6.45) is 4.10. The summed E-state index contributed by atoms with van der Waals surface area (Å²) in [5.74, 6) is 0.451. The average molecular weight is 367 g/mol. The molecule has 7 heteroatoms. The summed E-state index contributed by atoms with van der Waals surface area (Å²) >= 11 is 0. The van der Waals surface area contributed by atoms with E-state index in [1.165, 1.54) is 0 Å². The number of nitrogens with zero attached hydrogens (tertiary/aromatic N) is 3. The van der Waals surface area contributed by atoms with E-state index >= 15 is 0 Å². The number of carboxylic acid groups (broad SMARTS) is 1. The normalized spacial score (nSPS) is 19.4. The van der Waals surface area contributed by atoms with Gasteiger partial charge in [-0.25, -0.2) is 0 Å². The molecule has 1 fully saturated rings. The Balaban J connectivity index is 1.63. The number of carbonyl (C=O) groups is 1. The van der Waals surface area contributed by atoms with E-state index in [-0.39, 0.29) is 12.3 Å². The Morgan fingerprint density at radius 3 is 2.33 bits per heavy atom. The Bertz CT molecular complexity index is 796. The average Bonchev–Trinajstić information content (AvgIpc) is 2.68. The summed E-state index contributed by atoms with van der Waals surface area (Å²) in [7, 11) is 2.02. The van der Waals surface area contributed by atoms with Crippen molar-refractivity contribution in [1.29, 1.82) is 5.41 Å². The van der Waals surface area contributed by atoms with E-state index in [0.29, 0.717) is 17.5 Å². The fraction of sp³-hybridized carbons (Fsp3) is 0.400. The number of nitrogens with two attached hydrogens (primary N) is 1. The molecule has 0 aliphatic heterocycles. The van der Waals surface area contributed by atoms with Gasteiger partial charge in [0.2, 0.25) is 0 Å². The van der Waals surface area contributed by atoms with Crippen molar-refractivity contribution in [2.75, 3.05) is 11.9 Å². The van der Waals surface area contributed by atoms with Crippen molar-refractivity contribution in [3.05, 3.63) is 42.0 Å². The minimum absolute atomic E-state index is 0.0442. The molecule has 0 radical (unpaired) electrons. The molecule has 3 rings (SSSR count). The van der Waals surface area contributed by atoms with Gasteiger partial charge < -0.3 is 15.7 Å². The zero-order valence-corrected chi connectivity index (χ0v) is 15.4. The van der Waals surface area contributed by atoms with Gasteiger partial charge in [0.25, 0.3) is 0 Å². The number of hydrogen-bond acceptors (Lipinski definition) is 5. The van der Waals surface area contributed by atoms with Crippen molar-refractivity contribution in [1.82, 2.24) is 10.2 Å². The fourth-order valence-corrected chi connectivity index (χ4v) is 3.66. The molecular weight excluding hydrogens is 342 g/mol. The summed E-state index contributed by atoms with van der Waals surface area (Å²) in [6.45, 7) is 0. The minimum Gasteiger partial charge on any atom is -0.481 e. The predicted molar refractivity (Wildman–Crippen MR) is 105 cm³/mol. The third-order valence-corrected chi connectivity index (χ3v) is 5.33. The number of nitrogens with one attached hydrogen (secondary N) is 1. The van der Waals surface area contributed by atoms with Gasteiger partial charge in [-0.2, -0.15) is 0 Å². The van der Waals surface area contributed by atoms with E-state index in [1.807, 2.05) is 31.3 Å². The Morgan fingerprint density at radius 2 is 1.81 bits per heavy atom. The molecule has 1 aromatic carbocycles. The standard InChI is InChI=1S/C20H25N5O2/c1-25(16-8-2-13(3-9-16)12-19(26)27)18-11-10-17(23-24-18)14-4-6-15(7-5-14)20(21)22/h4-7,10-11,13,16H,2-3,8-9,12H2,1H3,(H3,21,22)(H,26,27). The molecule has 4 N–H and O–H groups in total. The van der Waals surface area contributed by atoms with E-state index in [1.54, 1.807) is 12.1 Å². The van der Waals surface area contributed by atoms with E-state index in [0.717, 1.165) is 42.8 Å². The van der Waals surface area contributed by atoms with Crippen molar-refractivity contribution < 1.29 is 9.90 Å². The monoisotopic (exact) mass is 367 g/mol. The van der Waals surface area contributed by atoms with Crippen molar-refractivity contribution in [2.24, 2.45) is 11.7 Å². The van der Waals surface area contributed by atoms with Crippen LogP contribution >= 0.6 is 0 Å². The quantitative estimate of drug-likeness (QED) is 0.534. The summed E-state index contributed by atoms with van der Waals surface area (Å²) in [4.78, 5) is 13.0. The second kappa shape index (κ2) is 8.16. The number of nitrogen functional groups attached to an aromatic ring is 1. The number of rotatable bonds is 6. The summed E-state index contributed by atoms with van der Waals surface area (Å²) in [5, 5.41) is 25.1. The maximum absolute atomic E-state index is 10.9. The van der Waals surface area contributed by atoms with Crippen LogP contribution in [0.2, 0.25) is 0 Å². The number of benzene rings is 1. The van der Waals surface area contributed by atoms with Gasteiger partial charge in [-0.15, -0.1) is 10.2 Å². The number of hydrogen-bond donors (Lipinski definition) is 3. The largest absolute Gasteiger partial charge is 0.481 e. The molecule has 0 saturated heterocycles. The number of amidine groups is 1. The number of anilines is 1. The molecule has 0 spiro atoms. The molecule has 0 bridgehead atoms. The van der Waals surface area contributed by atoms with Crippen LogP contribution in [0.1, 0.15) is 37.7 Å². The molecule has 27 heavy (non-hydrogen) atoms. The van der Waals surface area contributed by atoms with E-state index in [2.05, 4.69) is 15.1 Å². The van der Waals surface area contributed by atoms with Crippen molar-refractivity contribution in [2.45, 2.75) is 38.1 Å². The van der Waals surface area contributed by atoms with Crippen molar-refractivity contribution >= 4 is 17.6 Å². The maximum Gasteiger partial charge on any atom is 0.303 e. The molecular formula is C20H25N5O2. The second-order valence-corrected chi connectivity index (χ2v) is 7.15. The highest BCUT2D eigenvalue weighted by atomic mass is 16.4. The van der Waals surface area contributed by atoms with E-state index in [4.69, 9.17) is 16.2 Å². The Labute approximate surface area is 158 Å². The highest BCUT2D eigenvalue weighted by molar-refractivity contribution is 5.95. The maximum atomic E-state index is 10.9. The van der Waals surface area contributed by atoms with Crippen molar-refractivity contribution in [3.63, 3.8) is 0 Å². The summed E-state index contributed by atoms with van der Waals surface area (Å²) < 4.78 is 0. The zero-order valence-electron chi connectivity index (χ0n) is 15.4. The summed E-state index contributed by atoms with van der Waals surface area (Å²) in [6, 6.07) is 11.6. The van der Waals surface area contributed by atoms with Gasteiger partial charge in [0.05, 0.1) is 5.69 Å². The summed E-state index contributed by atoms with van der Waals surface area (Å²) in [5.41, 5.74) is 7.86. The van der Waals surface area contributed by atoms with Crippen LogP contribution in [0.25, 0.3) is 11.3 Å². The Hall–Kier alpha value is -2.96. The topological polar surface area (TPSA) is 116 Å². The van der Waals surface area contributed by atoms with Crippen LogP contribution in [-0.2, 0) is 4.79 Å². The lowest BCUT2D eigenvalue weighted by Gasteiger charge is -2.34. The third-order valence-electron chi connectivity index (χ3n) is 5.33. The lowest BCUT2D eigenvalue weighted by atomic mass is 9.83. The smallest absolute Gasteiger partial charge is 0.303 e. The predicted octanol–water partition coefficient (Wildman–Crippen LogP) is 2.90. The fourth-order valence-electron chi connectivity index (χ4n) is 3.66. The van der Waals surface area contributed by atoms with Gasteiger partial charge in [-0.1, -0.05) is 24.3 Å². The van der Waals surface area contributed by atoms with Gasteiger partial charge in [0, 0.05) is 30.6 Å². The molecule has 1 aliphatic carbocycles. The Morgan fingerprint density at radius 1 is 1.15 bits per heavy atom. The highest BCUT2D eigenvalue weighted by Crippen LogP contribution is 2.31. The lowest BCUT2D eigenvalue weighted by Crippen LogP contribution is -2.36. The number of carboxylic acids is 1. The molecule has 142 valence electrons. The molecule has 2 aromatic rings. The molecule has 1 saturated carbocycles. The van der Waals surface area contributed by atoms with E-state index < -0.39 is 5.97 Å². The van der Waals surface area contributed by atoms with Crippen LogP contribution in [0.3, 0.4) is 0 Å². The first-order valence-corrected chi connectivity index (χ1v) is 9.17. The lowest BCUT2D eigenvalue weighted by molar-refractivity contribution is -0.138.